The molecule has 5 nitrogen and oxygen atoms in total. The number of hydrogen-bond donors (Lipinski definition) is 2. The molecule has 0 unspecified atom stereocenters. The molecule has 9 heteroatoms. The number of amides is 1. The predicted octanol–water partition coefficient (Wildman–Crippen LogP) is 3.28. The van der Waals surface area contributed by atoms with E-state index in [1.807, 2.05) is 0 Å². The highest BCUT2D eigenvalue weighted by Gasteiger charge is 2.31. The van der Waals surface area contributed by atoms with Crippen LogP contribution in [0.2, 0.25) is 0 Å². The minimum Gasteiger partial charge on any atom is -0.406 e. The number of fused-ring (bicyclic) bond motifs is 1. The Morgan fingerprint density at radius 3 is 3.00 bits per heavy atom. The summed E-state index contributed by atoms with van der Waals surface area (Å²) in [5.41, 5.74) is 0.513. The third-order valence-corrected chi connectivity index (χ3v) is 4.37. The summed E-state index contributed by atoms with van der Waals surface area (Å²) in [6, 6.07) is 4.07. The molecular weight excluding hydrogens is 331 g/mol. The number of carbonyl (C=O) groups excluding carboxylic acids is 1. The average Bonchev–Trinajstić information content (AvgIpc) is 3.05. The van der Waals surface area contributed by atoms with Crippen molar-refractivity contribution < 1.29 is 22.7 Å². The second-order valence-electron chi connectivity index (χ2n) is 5.24. The maximum atomic E-state index is 12.2. The smallest absolute Gasteiger partial charge is 0.406 e. The van der Waals surface area contributed by atoms with Crippen molar-refractivity contribution in [3.05, 3.63) is 18.2 Å². The Morgan fingerprint density at radius 1 is 1.48 bits per heavy atom. The highest BCUT2D eigenvalue weighted by atomic mass is 32.1. The van der Waals surface area contributed by atoms with E-state index in [4.69, 9.17) is 0 Å². The minimum atomic E-state index is -4.73. The second-order valence-corrected chi connectivity index (χ2v) is 6.27. The molecule has 1 aliphatic rings. The van der Waals surface area contributed by atoms with Gasteiger partial charge in [-0.2, -0.15) is 0 Å². The number of nitrogens with one attached hydrogen (secondary N) is 2. The van der Waals surface area contributed by atoms with E-state index < -0.39 is 6.36 Å². The molecular formula is C14H14F3N3O2S. The van der Waals surface area contributed by atoms with Crippen molar-refractivity contribution >= 4 is 32.6 Å². The molecule has 1 atom stereocenters. The van der Waals surface area contributed by atoms with Crippen LogP contribution in [-0.2, 0) is 4.79 Å². The van der Waals surface area contributed by atoms with Gasteiger partial charge in [0.1, 0.15) is 5.75 Å². The second kappa shape index (κ2) is 6.32. The van der Waals surface area contributed by atoms with Gasteiger partial charge >= 0.3 is 6.36 Å². The van der Waals surface area contributed by atoms with Gasteiger partial charge in [-0.25, -0.2) is 4.98 Å². The topological polar surface area (TPSA) is 63.2 Å². The van der Waals surface area contributed by atoms with Gasteiger partial charge in [0.05, 0.1) is 10.2 Å². The highest BCUT2D eigenvalue weighted by molar-refractivity contribution is 7.22. The Morgan fingerprint density at radius 2 is 2.30 bits per heavy atom. The van der Waals surface area contributed by atoms with E-state index in [1.165, 1.54) is 18.2 Å². The minimum absolute atomic E-state index is 0.157. The number of rotatable bonds is 4. The summed E-state index contributed by atoms with van der Waals surface area (Å²) in [5.74, 6) is -0.461. The van der Waals surface area contributed by atoms with Gasteiger partial charge in [0.2, 0.25) is 5.91 Å². The van der Waals surface area contributed by atoms with Crippen LogP contribution in [-0.4, -0.2) is 29.8 Å². The van der Waals surface area contributed by atoms with Gasteiger partial charge in [0.15, 0.2) is 5.13 Å². The highest BCUT2D eigenvalue weighted by Crippen LogP contribution is 2.31. The van der Waals surface area contributed by atoms with Gasteiger partial charge in [-0.3, -0.25) is 4.79 Å². The van der Waals surface area contributed by atoms with Crippen molar-refractivity contribution in [3.63, 3.8) is 0 Å². The Bertz CT molecular complexity index is 711. The number of ether oxygens (including phenoxy) is 1. The van der Waals surface area contributed by atoms with Crippen LogP contribution in [0.1, 0.15) is 19.3 Å². The zero-order valence-corrected chi connectivity index (χ0v) is 12.8. The van der Waals surface area contributed by atoms with Gasteiger partial charge in [-0.05, 0) is 31.5 Å². The van der Waals surface area contributed by atoms with Crippen molar-refractivity contribution in [1.82, 2.24) is 10.3 Å². The van der Waals surface area contributed by atoms with Crippen molar-refractivity contribution in [3.8, 4) is 5.75 Å². The molecule has 3 rings (SSSR count). The Balaban J connectivity index is 1.68. The van der Waals surface area contributed by atoms with Crippen molar-refractivity contribution in [2.75, 3.05) is 11.9 Å². The lowest BCUT2D eigenvalue weighted by molar-refractivity contribution is -0.274. The largest absolute Gasteiger partial charge is 0.573 e. The molecule has 0 aliphatic carbocycles. The fourth-order valence-corrected chi connectivity index (χ4v) is 3.39. The van der Waals surface area contributed by atoms with Crippen molar-refractivity contribution in [2.24, 2.45) is 0 Å². The maximum Gasteiger partial charge on any atom is 0.573 e. The summed E-state index contributed by atoms with van der Waals surface area (Å²) in [6.45, 7) is 0.918. The standard InChI is InChI=1S/C14H14F3N3O2S/c15-14(16,17)22-9-3-4-10-11(7-9)23-13(19-10)20-12(21)6-8-2-1-5-18-8/h3-4,7-8,18H,1-2,5-6H2,(H,19,20,21)/t8-/m0/s1. The molecule has 1 saturated heterocycles. The van der Waals surface area contributed by atoms with Gasteiger partial charge in [0, 0.05) is 18.5 Å². The van der Waals surface area contributed by atoms with E-state index in [0.717, 1.165) is 30.7 Å². The van der Waals surface area contributed by atoms with E-state index in [2.05, 4.69) is 20.4 Å². The normalized spacial score (nSPS) is 18.3. The molecule has 2 N–H and O–H groups in total. The molecule has 1 aliphatic heterocycles. The fourth-order valence-electron chi connectivity index (χ4n) is 2.48. The fraction of sp³-hybridized carbons (Fsp3) is 0.429. The molecule has 0 bridgehead atoms. The van der Waals surface area contributed by atoms with Crippen LogP contribution in [0, 0.1) is 0 Å². The number of hydrogen-bond acceptors (Lipinski definition) is 5. The lowest BCUT2D eigenvalue weighted by Crippen LogP contribution is -2.27. The lowest BCUT2D eigenvalue weighted by Gasteiger charge is -2.08. The molecule has 1 aromatic heterocycles. The van der Waals surface area contributed by atoms with Gasteiger partial charge in [-0.1, -0.05) is 11.3 Å². The van der Waals surface area contributed by atoms with E-state index >= 15 is 0 Å². The molecule has 124 valence electrons. The summed E-state index contributed by atoms with van der Waals surface area (Å²) in [7, 11) is 0. The van der Waals surface area contributed by atoms with Crippen molar-refractivity contribution in [1.29, 1.82) is 0 Å². The van der Waals surface area contributed by atoms with Crippen LogP contribution in [0.15, 0.2) is 18.2 Å². The zero-order valence-electron chi connectivity index (χ0n) is 11.9. The molecule has 0 saturated carbocycles. The number of halogens is 3. The number of alkyl halides is 3. The Hall–Kier alpha value is -1.87. The van der Waals surface area contributed by atoms with Crippen LogP contribution in [0.5, 0.6) is 5.75 Å². The lowest BCUT2D eigenvalue weighted by atomic mass is 10.1. The molecule has 1 aromatic carbocycles. The number of thiazole rings is 1. The number of aromatic nitrogens is 1. The number of carbonyl (C=O) groups is 1. The first-order chi connectivity index (χ1) is 10.9. The summed E-state index contributed by atoms with van der Waals surface area (Å²) < 4.78 is 41.0. The molecule has 1 fully saturated rings. The molecule has 2 heterocycles. The zero-order chi connectivity index (χ0) is 16.4. The first kappa shape index (κ1) is 16.0. The quantitative estimate of drug-likeness (QED) is 0.893. The first-order valence-electron chi connectivity index (χ1n) is 7.09. The van der Waals surface area contributed by atoms with Gasteiger partial charge in [0.25, 0.3) is 0 Å². The summed E-state index contributed by atoms with van der Waals surface area (Å²) in [4.78, 5) is 16.1. The van der Waals surface area contributed by atoms with Gasteiger partial charge < -0.3 is 15.4 Å². The molecule has 2 aromatic rings. The predicted molar refractivity (Wildman–Crippen MR) is 80.6 cm³/mol. The van der Waals surface area contributed by atoms with E-state index in [9.17, 15) is 18.0 Å². The first-order valence-corrected chi connectivity index (χ1v) is 7.90. The monoisotopic (exact) mass is 345 g/mol. The van der Waals surface area contributed by atoms with Crippen LogP contribution >= 0.6 is 11.3 Å². The number of anilines is 1. The summed E-state index contributed by atoms with van der Waals surface area (Å²) >= 11 is 1.11. The van der Waals surface area contributed by atoms with Crippen LogP contribution < -0.4 is 15.4 Å². The van der Waals surface area contributed by atoms with Crippen LogP contribution in [0.25, 0.3) is 10.2 Å². The third-order valence-electron chi connectivity index (χ3n) is 3.43. The van der Waals surface area contributed by atoms with Crippen molar-refractivity contribution in [2.45, 2.75) is 31.7 Å². The molecule has 0 radical (unpaired) electrons. The Kier molecular flexibility index (Phi) is 4.40. The van der Waals surface area contributed by atoms with E-state index in [-0.39, 0.29) is 17.7 Å². The molecule has 0 spiro atoms. The Labute approximate surface area is 133 Å². The molecule has 23 heavy (non-hydrogen) atoms. The summed E-state index contributed by atoms with van der Waals surface area (Å²) in [6.07, 6.45) is -2.35. The SMILES string of the molecule is O=C(C[C@@H]1CCCN1)Nc1nc2ccc(OC(F)(F)F)cc2s1. The summed E-state index contributed by atoms with van der Waals surface area (Å²) in [5, 5.41) is 6.29. The van der Waals surface area contributed by atoms with Crippen LogP contribution in [0.4, 0.5) is 18.3 Å². The number of benzene rings is 1. The van der Waals surface area contributed by atoms with Gasteiger partial charge in [-0.15, -0.1) is 13.2 Å². The third kappa shape index (κ3) is 4.32. The maximum absolute atomic E-state index is 12.2. The van der Waals surface area contributed by atoms with Crippen LogP contribution in [0.3, 0.4) is 0 Å². The van der Waals surface area contributed by atoms with E-state index in [0.29, 0.717) is 21.8 Å². The number of nitrogens with zero attached hydrogens (tertiary/aromatic N) is 1. The van der Waals surface area contributed by atoms with E-state index in [1.54, 1.807) is 0 Å². The average molecular weight is 345 g/mol. The molecule has 1 amide bonds.